The van der Waals surface area contributed by atoms with E-state index in [0.29, 0.717) is 17.4 Å². The largest absolute Gasteiger partial charge is 0.355 e. The Bertz CT molecular complexity index is 760. The smallest absolute Gasteiger partial charge is 0.261 e. The molecule has 0 aliphatic heterocycles. The zero-order valence-electron chi connectivity index (χ0n) is 13.5. The highest BCUT2D eigenvalue weighted by Gasteiger charge is 2.15. The van der Waals surface area contributed by atoms with E-state index >= 15 is 0 Å². The molecule has 1 aromatic carbocycles. The van der Waals surface area contributed by atoms with Gasteiger partial charge in [-0.05, 0) is 30.9 Å². The normalized spacial score (nSPS) is 15.2. The summed E-state index contributed by atoms with van der Waals surface area (Å²) < 4.78 is 1.38. The lowest BCUT2D eigenvalue weighted by Crippen LogP contribution is -2.33. The quantitative estimate of drug-likeness (QED) is 0.922. The molecule has 1 saturated carbocycles. The summed E-state index contributed by atoms with van der Waals surface area (Å²) in [5.74, 6) is 0.627. The van der Waals surface area contributed by atoms with Gasteiger partial charge in [-0.15, -0.1) is 0 Å². The van der Waals surface area contributed by atoms with Crippen LogP contribution in [0.4, 0.5) is 0 Å². The van der Waals surface area contributed by atoms with Gasteiger partial charge < -0.3 is 5.32 Å². The molecule has 1 aliphatic carbocycles. The number of aryl methyl sites for hydroxylation is 1. The maximum absolute atomic E-state index is 12.4. The van der Waals surface area contributed by atoms with Crippen LogP contribution in [-0.4, -0.2) is 22.0 Å². The Morgan fingerprint density at radius 1 is 1.35 bits per heavy atom. The van der Waals surface area contributed by atoms with Gasteiger partial charge >= 0.3 is 0 Å². The molecule has 1 aliphatic rings. The molecule has 1 heterocycles. The monoisotopic (exact) mass is 313 g/mol. The van der Waals surface area contributed by atoms with Gasteiger partial charge in [-0.3, -0.25) is 14.2 Å². The molecule has 0 bridgehead atoms. The number of aromatic nitrogens is 2. The number of fused-ring (bicyclic) bond motifs is 1. The number of benzene rings is 1. The maximum Gasteiger partial charge on any atom is 0.261 e. The van der Waals surface area contributed by atoms with E-state index in [1.54, 1.807) is 6.07 Å². The van der Waals surface area contributed by atoms with Crippen LogP contribution < -0.4 is 10.9 Å². The van der Waals surface area contributed by atoms with Gasteiger partial charge in [0.1, 0.15) is 6.54 Å². The van der Waals surface area contributed by atoms with Crippen LogP contribution in [0.3, 0.4) is 0 Å². The van der Waals surface area contributed by atoms with Crippen LogP contribution in [-0.2, 0) is 11.3 Å². The van der Waals surface area contributed by atoms with Crippen LogP contribution in [0.25, 0.3) is 10.9 Å². The third-order valence-electron chi connectivity index (χ3n) is 4.72. The van der Waals surface area contributed by atoms with Crippen LogP contribution in [0, 0.1) is 12.8 Å². The number of amides is 1. The molecule has 1 N–H and O–H groups in total. The van der Waals surface area contributed by atoms with E-state index in [2.05, 4.69) is 10.3 Å². The number of nitrogens with one attached hydrogen (secondary N) is 1. The molecule has 5 nitrogen and oxygen atoms in total. The molecule has 1 aromatic heterocycles. The Morgan fingerprint density at radius 3 is 2.91 bits per heavy atom. The van der Waals surface area contributed by atoms with Gasteiger partial charge in [-0.2, -0.15) is 0 Å². The van der Waals surface area contributed by atoms with Crippen molar-refractivity contribution in [1.29, 1.82) is 0 Å². The van der Waals surface area contributed by atoms with Gasteiger partial charge in [0.15, 0.2) is 0 Å². The topological polar surface area (TPSA) is 64.0 Å². The third kappa shape index (κ3) is 3.60. The molecule has 3 rings (SSSR count). The van der Waals surface area contributed by atoms with Crippen LogP contribution in [0.15, 0.2) is 29.3 Å². The second-order valence-corrected chi connectivity index (χ2v) is 6.44. The summed E-state index contributed by atoms with van der Waals surface area (Å²) >= 11 is 0. The lowest BCUT2D eigenvalue weighted by molar-refractivity contribution is -0.121. The average molecular weight is 313 g/mol. The molecule has 2 aromatic rings. The van der Waals surface area contributed by atoms with E-state index in [1.165, 1.54) is 36.6 Å². The number of hydrogen-bond acceptors (Lipinski definition) is 3. The summed E-state index contributed by atoms with van der Waals surface area (Å²) in [6.45, 7) is 2.65. The van der Waals surface area contributed by atoms with E-state index in [1.807, 2.05) is 19.1 Å². The third-order valence-corrected chi connectivity index (χ3v) is 4.72. The highest BCUT2D eigenvalue weighted by atomic mass is 16.2. The number of hydrogen-bond donors (Lipinski definition) is 1. The van der Waals surface area contributed by atoms with Crippen molar-refractivity contribution < 1.29 is 4.79 Å². The van der Waals surface area contributed by atoms with Gasteiger partial charge in [-0.1, -0.05) is 37.8 Å². The molecule has 0 unspecified atom stereocenters. The summed E-state index contributed by atoms with van der Waals surface area (Å²) in [6, 6.07) is 5.52. The molecular formula is C18H23N3O2. The van der Waals surface area contributed by atoms with Crippen LogP contribution in [0.2, 0.25) is 0 Å². The van der Waals surface area contributed by atoms with Gasteiger partial charge in [0.25, 0.3) is 5.56 Å². The molecule has 23 heavy (non-hydrogen) atoms. The first kappa shape index (κ1) is 15.7. The van der Waals surface area contributed by atoms with Crippen molar-refractivity contribution in [2.75, 3.05) is 6.54 Å². The number of carbonyl (C=O) groups excluding carboxylic acids is 1. The average Bonchev–Trinajstić information content (AvgIpc) is 3.04. The van der Waals surface area contributed by atoms with Crippen molar-refractivity contribution in [1.82, 2.24) is 14.9 Å². The van der Waals surface area contributed by atoms with Crippen molar-refractivity contribution in [2.45, 2.75) is 45.6 Å². The van der Waals surface area contributed by atoms with Gasteiger partial charge in [0.05, 0.1) is 17.2 Å². The molecule has 0 atom stereocenters. The SMILES string of the molecule is Cc1cccc2c(=O)n(CC(=O)NCCC3CCCC3)cnc12. The summed E-state index contributed by atoms with van der Waals surface area (Å²) in [6.07, 6.45) is 7.70. The Kier molecular flexibility index (Phi) is 4.74. The number of nitrogens with zero attached hydrogens (tertiary/aromatic N) is 2. The van der Waals surface area contributed by atoms with Crippen molar-refractivity contribution in [3.63, 3.8) is 0 Å². The fourth-order valence-electron chi connectivity index (χ4n) is 3.38. The summed E-state index contributed by atoms with van der Waals surface area (Å²) in [5.41, 5.74) is 1.51. The van der Waals surface area contributed by atoms with Crippen molar-refractivity contribution in [2.24, 2.45) is 5.92 Å². The zero-order chi connectivity index (χ0) is 16.2. The van der Waals surface area contributed by atoms with Crippen molar-refractivity contribution in [3.05, 3.63) is 40.4 Å². The van der Waals surface area contributed by atoms with E-state index < -0.39 is 0 Å². The van der Waals surface area contributed by atoms with Gasteiger partial charge in [-0.25, -0.2) is 4.98 Å². The fraction of sp³-hybridized carbons (Fsp3) is 0.500. The number of carbonyl (C=O) groups is 1. The Morgan fingerprint density at radius 2 is 2.13 bits per heavy atom. The molecule has 0 spiro atoms. The molecule has 122 valence electrons. The van der Waals surface area contributed by atoms with Gasteiger partial charge in [0.2, 0.25) is 5.91 Å². The van der Waals surface area contributed by atoms with Gasteiger partial charge in [0, 0.05) is 6.54 Å². The van der Waals surface area contributed by atoms with E-state index in [-0.39, 0.29) is 18.0 Å². The second-order valence-electron chi connectivity index (χ2n) is 6.44. The first-order valence-electron chi connectivity index (χ1n) is 8.36. The number of para-hydroxylation sites is 1. The zero-order valence-corrected chi connectivity index (χ0v) is 13.5. The molecule has 1 amide bonds. The summed E-state index contributed by atoms with van der Waals surface area (Å²) in [5, 5.41) is 3.48. The number of rotatable bonds is 5. The second kappa shape index (κ2) is 6.94. The molecule has 0 radical (unpaired) electrons. The van der Waals surface area contributed by atoms with E-state index in [0.717, 1.165) is 17.9 Å². The molecular weight excluding hydrogens is 290 g/mol. The molecule has 5 heteroatoms. The first-order chi connectivity index (χ1) is 11.1. The minimum atomic E-state index is -0.162. The highest BCUT2D eigenvalue weighted by Crippen LogP contribution is 2.26. The van der Waals surface area contributed by atoms with E-state index in [4.69, 9.17) is 0 Å². The fourth-order valence-corrected chi connectivity index (χ4v) is 3.38. The molecule has 0 saturated heterocycles. The Balaban J connectivity index is 1.63. The highest BCUT2D eigenvalue weighted by molar-refractivity contribution is 5.81. The summed E-state index contributed by atoms with van der Waals surface area (Å²) in [7, 11) is 0. The Hall–Kier alpha value is -2.17. The Labute approximate surface area is 135 Å². The van der Waals surface area contributed by atoms with E-state index in [9.17, 15) is 9.59 Å². The first-order valence-corrected chi connectivity index (χ1v) is 8.36. The van der Waals surface area contributed by atoms with Crippen LogP contribution in [0.5, 0.6) is 0 Å². The van der Waals surface area contributed by atoms with Crippen LogP contribution >= 0.6 is 0 Å². The lowest BCUT2D eigenvalue weighted by atomic mass is 10.0. The van der Waals surface area contributed by atoms with Crippen LogP contribution in [0.1, 0.15) is 37.7 Å². The minimum Gasteiger partial charge on any atom is -0.355 e. The van der Waals surface area contributed by atoms with Crippen molar-refractivity contribution >= 4 is 16.8 Å². The predicted octanol–water partition coefficient (Wildman–Crippen LogP) is 2.40. The maximum atomic E-state index is 12.4. The van der Waals surface area contributed by atoms with Crippen molar-refractivity contribution in [3.8, 4) is 0 Å². The standard InChI is InChI=1S/C18H23N3O2/c1-13-5-4-8-15-17(13)20-12-21(18(15)23)11-16(22)19-10-9-14-6-2-3-7-14/h4-5,8,12,14H,2-3,6-7,9-11H2,1H3,(H,19,22). The minimum absolute atomic E-state index is 0.0282. The summed E-state index contributed by atoms with van der Waals surface area (Å²) in [4.78, 5) is 28.8. The predicted molar refractivity (Wildman–Crippen MR) is 90.3 cm³/mol. The lowest BCUT2D eigenvalue weighted by Gasteiger charge is -2.11. The molecule has 1 fully saturated rings.